The van der Waals surface area contributed by atoms with Crippen molar-refractivity contribution in [1.29, 1.82) is 0 Å². The first kappa shape index (κ1) is 26.5. The molecule has 2 rings (SSSR count). The number of thioether (sulfide) groups is 1. The maximum Gasteiger partial charge on any atom is 0.103 e. The molecule has 2 aliphatic heterocycles. The van der Waals surface area contributed by atoms with Gasteiger partial charge in [0.25, 0.3) is 0 Å². The summed E-state index contributed by atoms with van der Waals surface area (Å²) in [6, 6.07) is 0. The number of nitrogens with one attached hydrogen (secondary N) is 1. The number of nitrogens with zero attached hydrogens (tertiary/aromatic N) is 1. The minimum absolute atomic E-state index is 0.486. The van der Waals surface area contributed by atoms with Crippen LogP contribution in [0.25, 0.3) is 0 Å². The second-order valence-corrected chi connectivity index (χ2v) is 11.1. The van der Waals surface area contributed by atoms with Gasteiger partial charge < -0.3 is 15.0 Å². The van der Waals surface area contributed by atoms with Gasteiger partial charge in [0.05, 0.1) is 6.61 Å². The van der Waals surface area contributed by atoms with Crippen molar-refractivity contribution in [3.63, 3.8) is 0 Å². The predicted octanol–water partition coefficient (Wildman–Crippen LogP) is 7.00. The lowest BCUT2D eigenvalue weighted by atomic mass is 10.0. The number of hydrogen-bond acceptors (Lipinski definition) is 4. The highest BCUT2D eigenvalue weighted by Crippen LogP contribution is 2.33. The summed E-state index contributed by atoms with van der Waals surface area (Å²) in [6.07, 6.45) is 24.2. The maximum absolute atomic E-state index is 6.06. The fraction of sp³-hybridized carbons (Fsp3) is 1.00. The van der Waals surface area contributed by atoms with E-state index >= 15 is 0 Å². The second-order valence-electron chi connectivity index (χ2n) is 9.64. The molecule has 0 amide bonds. The molecule has 0 spiro atoms. The van der Waals surface area contributed by atoms with E-state index in [0.717, 1.165) is 24.9 Å². The third-order valence-corrected chi connectivity index (χ3v) is 8.26. The number of hydrogen-bond donors (Lipinski definition) is 1. The van der Waals surface area contributed by atoms with Crippen LogP contribution in [0.1, 0.15) is 116 Å². The lowest BCUT2D eigenvalue weighted by molar-refractivity contribution is 0.122. The van der Waals surface area contributed by atoms with Gasteiger partial charge in [0.2, 0.25) is 0 Å². The van der Waals surface area contributed by atoms with E-state index in [4.69, 9.17) is 4.74 Å². The van der Waals surface area contributed by atoms with Crippen molar-refractivity contribution in [2.45, 2.75) is 127 Å². The minimum Gasteiger partial charge on any atom is -0.366 e. The lowest BCUT2D eigenvalue weighted by Crippen LogP contribution is -2.44. The summed E-state index contributed by atoms with van der Waals surface area (Å²) in [6.45, 7) is 9.32. The molecular formula is C26H52N2OS. The van der Waals surface area contributed by atoms with E-state index in [2.05, 4.69) is 28.9 Å². The van der Waals surface area contributed by atoms with Gasteiger partial charge in [0, 0.05) is 31.4 Å². The Morgan fingerprint density at radius 3 is 1.83 bits per heavy atom. The molecule has 0 aromatic rings. The van der Waals surface area contributed by atoms with Crippen molar-refractivity contribution < 1.29 is 4.74 Å². The Labute approximate surface area is 192 Å². The van der Waals surface area contributed by atoms with Gasteiger partial charge in [0.1, 0.15) is 5.44 Å². The molecule has 2 aliphatic rings. The molecule has 30 heavy (non-hydrogen) atoms. The molecule has 0 aromatic carbocycles. The minimum atomic E-state index is 0.486. The lowest BCUT2D eigenvalue weighted by Gasteiger charge is -2.27. The van der Waals surface area contributed by atoms with Crippen molar-refractivity contribution in [3.05, 3.63) is 0 Å². The zero-order valence-corrected chi connectivity index (χ0v) is 21.0. The van der Waals surface area contributed by atoms with Crippen molar-refractivity contribution >= 4 is 11.8 Å². The van der Waals surface area contributed by atoms with E-state index in [-0.39, 0.29) is 0 Å². The molecule has 0 saturated carbocycles. The van der Waals surface area contributed by atoms with Crippen molar-refractivity contribution in [1.82, 2.24) is 10.2 Å². The van der Waals surface area contributed by atoms with E-state index in [0.29, 0.717) is 5.44 Å². The molecule has 0 radical (unpaired) electrons. The number of rotatable bonds is 19. The Balaban J connectivity index is 1.28. The molecule has 2 saturated heterocycles. The molecule has 2 unspecified atom stereocenters. The number of ether oxygens (including phenoxy) is 1. The zero-order chi connectivity index (χ0) is 21.1. The third-order valence-electron chi connectivity index (χ3n) is 6.83. The van der Waals surface area contributed by atoms with Gasteiger partial charge in [-0.3, -0.25) is 0 Å². The van der Waals surface area contributed by atoms with Crippen LogP contribution in [0.3, 0.4) is 0 Å². The van der Waals surface area contributed by atoms with E-state index in [9.17, 15) is 0 Å². The summed E-state index contributed by atoms with van der Waals surface area (Å²) in [5.74, 6) is 0. The summed E-state index contributed by atoms with van der Waals surface area (Å²) >= 11 is 2.12. The first-order chi connectivity index (χ1) is 14.9. The fourth-order valence-electron chi connectivity index (χ4n) is 4.75. The Kier molecular flexibility index (Phi) is 16.6. The highest BCUT2D eigenvalue weighted by molar-refractivity contribution is 8.00. The van der Waals surface area contributed by atoms with Gasteiger partial charge in [-0.05, 0) is 25.8 Å². The van der Waals surface area contributed by atoms with Crippen LogP contribution in [-0.4, -0.2) is 54.9 Å². The van der Waals surface area contributed by atoms with E-state index in [1.165, 1.54) is 129 Å². The average molecular weight is 441 g/mol. The maximum atomic E-state index is 6.06. The Morgan fingerprint density at radius 1 is 0.733 bits per heavy atom. The van der Waals surface area contributed by atoms with Gasteiger partial charge >= 0.3 is 0 Å². The van der Waals surface area contributed by atoms with Crippen molar-refractivity contribution in [3.8, 4) is 0 Å². The summed E-state index contributed by atoms with van der Waals surface area (Å²) < 4.78 is 6.06. The quantitative estimate of drug-likeness (QED) is 0.218. The number of unbranched alkanes of at least 4 members (excludes halogenated alkanes) is 14. The molecule has 1 N–H and O–H groups in total. The summed E-state index contributed by atoms with van der Waals surface area (Å²) in [5.41, 5.74) is 0.486. The molecular weight excluding hydrogens is 388 g/mol. The van der Waals surface area contributed by atoms with Crippen LogP contribution >= 0.6 is 11.8 Å². The molecule has 2 heterocycles. The van der Waals surface area contributed by atoms with Crippen LogP contribution in [0, 0.1) is 0 Å². The van der Waals surface area contributed by atoms with Crippen molar-refractivity contribution in [2.75, 3.05) is 39.3 Å². The fourth-order valence-corrected chi connectivity index (χ4v) is 6.04. The molecule has 178 valence electrons. The van der Waals surface area contributed by atoms with E-state index in [1.807, 2.05) is 0 Å². The SMILES string of the molecule is CCCCCCCCCCCCCCCCCC1OCC(CCN2CCNCC2)S1. The van der Waals surface area contributed by atoms with Crippen LogP contribution in [0.4, 0.5) is 0 Å². The van der Waals surface area contributed by atoms with Crippen molar-refractivity contribution in [2.24, 2.45) is 0 Å². The van der Waals surface area contributed by atoms with Crippen LogP contribution < -0.4 is 5.32 Å². The molecule has 0 aliphatic carbocycles. The topological polar surface area (TPSA) is 24.5 Å². The van der Waals surface area contributed by atoms with Gasteiger partial charge in [-0.15, -0.1) is 11.8 Å². The van der Waals surface area contributed by atoms with Gasteiger partial charge in [0.15, 0.2) is 0 Å². The highest BCUT2D eigenvalue weighted by atomic mass is 32.2. The van der Waals surface area contributed by atoms with Gasteiger partial charge in [-0.25, -0.2) is 0 Å². The monoisotopic (exact) mass is 440 g/mol. The van der Waals surface area contributed by atoms with E-state index < -0.39 is 0 Å². The molecule has 2 atom stereocenters. The van der Waals surface area contributed by atoms with Crippen LogP contribution in [0.5, 0.6) is 0 Å². The smallest absolute Gasteiger partial charge is 0.103 e. The molecule has 0 aromatic heterocycles. The van der Waals surface area contributed by atoms with Crippen LogP contribution in [-0.2, 0) is 4.74 Å². The molecule has 0 bridgehead atoms. The molecule has 2 fully saturated rings. The Hall–Kier alpha value is 0.230. The normalized spacial score (nSPS) is 22.7. The predicted molar refractivity (Wildman–Crippen MR) is 135 cm³/mol. The highest BCUT2D eigenvalue weighted by Gasteiger charge is 2.26. The van der Waals surface area contributed by atoms with Gasteiger partial charge in [-0.2, -0.15) is 0 Å². The third kappa shape index (κ3) is 13.6. The Bertz CT molecular complexity index is 376. The summed E-state index contributed by atoms with van der Waals surface area (Å²) in [5, 5.41) is 4.18. The van der Waals surface area contributed by atoms with Gasteiger partial charge in [-0.1, -0.05) is 96.8 Å². The number of piperazine rings is 1. The first-order valence-corrected chi connectivity index (χ1v) is 14.5. The summed E-state index contributed by atoms with van der Waals surface area (Å²) in [4.78, 5) is 2.61. The standard InChI is InChI=1S/C26H52N2OS/c1-2-3-4-5-6-7-8-9-10-11-12-13-14-15-16-17-26-29-24-25(30-26)18-21-28-22-19-27-20-23-28/h25-27H,2-24H2,1H3. The second kappa shape index (κ2) is 18.8. The average Bonchev–Trinajstić information content (AvgIpc) is 3.23. The molecule has 3 nitrogen and oxygen atoms in total. The zero-order valence-electron chi connectivity index (χ0n) is 20.2. The Morgan fingerprint density at radius 2 is 1.27 bits per heavy atom. The first-order valence-electron chi connectivity index (χ1n) is 13.6. The largest absolute Gasteiger partial charge is 0.366 e. The van der Waals surface area contributed by atoms with Crippen LogP contribution in [0.15, 0.2) is 0 Å². The van der Waals surface area contributed by atoms with E-state index in [1.54, 1.807) is 0 Å². The summed E-state index contributed by atoms with van der Waals surface area (Å²) in [7, 11) is 0. The van der Waals surface area contributed by atoms with Crippen LogP contribution in [0.2, 0.25) is 0 Å². The molecule has 4 heteroatoms.